The van der Waals surface area contributed by atoms with Gasteiger partial charge < -0.3 is 15.1 Å². The van der Waals surface area contributed by atoms with Gasteiger partial charge >= 0.3 is 0 Å². The fraction of sp³-hybridized carbons (Fsp3) is 0.682. The summed E-state index contributed by atoms with van der Waals surface area (Å²) in [6.45, 7) is 2.84. The summed E-state index contributed by atoms with van der Waals surface area (Å²) in [6.07, 6.45) is 4.63. The summed E-state index contributed by atoms with van der Waals surface area (Å²) in [5, 5.41) is 21.1. The van der Waals surface area contributed by atoms with Crippen molar-refractivity contribution in [2.45, 2.75) is 50.7 Å². The number of β-amino-alcohol motifs (C(OH)–C–C–N with tert-alkyl or cyclic N) is 1. The summed E-state index contributed by atoms with van der Waals surface area (Å²) in [7, 11) is 0. The molecule has 5 heteroatoms. The Kier molecular flexibility index (Phi) is 3.77. The van der Waals surface area contributed by atoms with Crippen molar-refractivity contribution in [2.75, 3.05) is 13.1 Å². The Labute approximate surface area is 159 Å². The van der Waals surface area contributed by atoms with Crippen molar-refractivity contribution in [3.63, 3.8) is 0 Å². The van der Waals surface area contributed by atoms with Crippen molar-refractivity contribution < 1.29 is 19.4 Å². The SMILES string of the molecule is CC1(CC(=O)N2CC(O)(c3ccc(F)cc3)C2)C2CC3CC1CC(C2)C3O. The molecular formula is C22H28FNO3. The number of carbonyl (C=O) groups excluding carboxylic acids is 1. The van der Waals surface area contributed by atoms with E-state index in [2.05, 4.69) is 6.92 Å². The number of halogens is 1. The molecule has 27 heavy (non-hydrogen) atoms. The molecule has 0 atom stereocenters. The fourth-order valence-electron chi connectivity index (χ4n) is 6.63. The van der Waals surface area contributed by atoms with Gasteiger partial charge in [0.05, 0.1) is 19.2 Å². The number of amides is 1. The fourth-order valence-corrected chi connectivity index (χ4v) is 6.63. The average Bonchev–Trinajstić information content (AvgIpc) is 2.58. The Morgan fingerprint density at radius 2 is 1.63 bits per heavy atom. The lowest BCUT2D eigenvalue weighted by Gasteiger charge is -2.62. The number of nitrogens with zero attached hydrogens (tertiary/aromatic N) is 1. The van der Waals surface area contributed by atoms with Gasteiger partial charge in [-0.15, -0.1) is 0 Å². The summed E-state index contributed by atoms with van der Waals surface area (Å²) >= 11 is 0. The zero-order valence-corrected chi connectivity index (χ0v) is 15.8. The molecule has 6 rings (SSSR count). The third-order valence-electron chi connectivity index (χ3n) is 8.35. The van der Waals surface area contributed by atoms with E-state index in [1.54, 1.807) is 17.0 Å². The van der Waals surface area contributed by atoms with Gasteiger partial charge in [-0.25, -0.2) is 4.39 Å². The first-order chi connectivity index (χ1) is 12.8. The maximum atomic E-state index is 13.1. The highest BCUT2D eigenvalue weighted by atomic mass is 19.1. The van der Waals surface area contributed by atoms with Gasteiger partial charge in [-0.3, -0.25) is 4.79 Å². The Morgan fingerprint density at radius 1 is 1.11 bits per heavy atom. The van der Waals surface area contributed by atoms with Crippen molar-refractivity contribution in [3.05, 3.63) is 35.6 Å². The van der Waals surface area contributed by atoms with E-state index in [1.165, 1.54) is 12.1 Å². The topological polar surface area (TPSA) is 60.8 Å². The molecule has 4 saturated carbocycles. The minimum absolute atomic E-state index is 0.0216. The zero-order valence-electron chi connectivity index (χ0n) is 15.8. The molecule has 0 spiro atoms. The minimum atomic E-state index is -1.06. The molecule has 1 aliphatic heterocycles. The van der Waals surface area contributed by atoms with Crippen LogP contribution < -0.4 is 0 Å². The lowest BCUT2D eigenvalue weighted by molar-refractivity contribution is -0.180. The van der Waals surface area contributed by atoms with Crippen molar-refractivity contribution in [1.82, 2.24) is 4.90 Å². The Bertz CT molecular complexity index is 725. The number of hydrogen-bond acceptors (Lipinski definition) is 3. The van der Waals surface area contributed by atoms with Gasteiger partial charge in [0.15, 0.2) is 0 Å². The van der Waals surface area contributed by atoms with Crippen molar-refractivity contribution in [1.29, 1.82) is 0 Å². The lowest BCUT2D eigenvalue weighted by atomic mass is 9.44. The van der Waals surface area contributed by atoms with E-state index in [9.17, 15) is 19.4 Å². The second-order valence-corrected chi connectivity index (χ2v) is 9.82. The summed E-state index contributed by atoms with van der Waals surface area (Å²) in [6, 6.07) is 5.90. The smallest absolute Gasteiger partial charge is 0.223 e. The molecule has 4 nitrogen and oxygen atoms in total. The molecule has 0 aromatic heterocycles. The maximum absolute atomic E-state index is 13.1. The lowest BCUT2D eigenvalue weighted by Crippen LogP contribution is -2.63. The van der Waals surface area contributed by atoms with E-state index in [0.29, 0.717) is 35.7 Å². The number of aliphatic hydroxyl groups excluding tert-OH is 1. The van der Waals surface area contributed by atoms with E-state index in [-0.39, 0.29) is 36.3 Å². The van der Waals surface area contributed by atoms with Crippen LogP contribution in [0, 0.1) is 34.9 Å². The highest BCUT2D eigenvalue weighted by molar-refractivity contribution is 5.78. The van der Waals surface area contributed by atoms with E-state index < -0.39 is 5.60 Å². The van der Waals surface area contributed by atoms with Crippen LogP contribution >= 0.6 is 0 Å². The Hall–Kier alpha value is -1.46. The van der Waals surface area contributed by atoms with Crippen LogP contribution in [0.1, 0.15) is 44.6 Å². The molecule has 1 aromatic rings. The van der Waals surface area contributed by atoms with E-state index in [4.69, 9.17) is 0 Å². The van der Waals surface area contributed by atoms with E-state index >= 15 is 0 Å². The van der Waals surface area contributed by atoms with Crippen molar-refractivity contribution in [2.24, 2.45) is 29.1 Å². The van der Waals surface area contributed by atoms with Crippen LogP contribution in [0.25, 0.3) is 0 Å². The normalized spacial score (nSPS) is 41.5. The molecule has 0 radical (unpaired) electrons. The van der Waals surface area contributed by atoms with E-state index in [0.717, 1.165) is 25.7 Å². The number of hydrogen-bond donors (Lipinski definition) is 2. The molecule has 146 valence electrons. The summed E-state index contributed by atoms with van der Waals surface area (Å²) in [5.74, 6) is 1.73. The van der Waals surface area contributed by atoms with Crippen LogP contribution in [0.15, 0.2) is 24.3 Å². The van der Waals surface area contributed by atoms with Crippen LogP contribution in [-0.2, 0) is 10.4 Å². The Morgan fingerprint density at radius 3 is 2.15 bits per heavy atom. The first-order valence-corrected chi connectivity index (χ1v) is 10.2. The van der Waals surface area contributed by atoms with Gasteiger partial charge in [-0.1, -0.05) is 19.1 Å². The van der Waals surface area contributed by atoms with Crippen LogP contribution in [0.3, 0.4) is 0 Å². The van der Waals surface area contributed by atoms with Gasteiger partial charge in [0.2, 0.25) is 5.91 Å². The number of likely N-dealkylation sites (tertiary alicyclic amines) is 1. The number of carbonyl (C=O) groups is 1. The molecule has 1 amide bonds. The van der Waals surface area contributed by atoms with Gasteiger partial charge in [-0.05, 0) is 72.5 Å². The third-order valence-corrected chi connectivity index (χ3v) is 8.35. The summed E-state index contributed by atoms with van der Waals surface area (Å²) < 4.78 is 13.1. The van der Waals surface area contributed by atoms with Crippen molar-refractivity contribution >= 4 is 5.91 Å². The molecule has 5 aliphatic rings. The number of rotatable bonds is 3. The second-order valence-electron chi connectivity index (χ2n) is 9.82. The predicted octanol–water partition coefficient (Wildman–Crippen LogP) is 2.68. The minimum Gasteiger partial charge on any atom is -0.393 e. The molecule has 2 N–H and O–H groups in total. The molecule has 5 fully saturated rings. The number of aliphatic hydroxyl groups is 2. The summed E-state index contributed by atoms with van der Waals surface area (Å²) in [5.41, 5.74) is -0.366. The quantitative estimate of drug-likeness (QED) is 0.856. The second kappa shape index (κ2) is 5.77. The van der Waals surface area contributed by atoms with Gasteiger partial charge in [0.25, 0.3) is 0 Å². The van der Waals surface area contributed by atoms with E-state index in [1.807, 2.05) is 0 Å². The van der Waals surface area contributed by atoms with Crippen molar-refractivity contribution in [3.8, 4) is 0 Å². The molecule has 0 unspecified atom stereocenters. The molecule has 1 heterocycles. The standard InChI is InChI=1S/C22H28FNO3/c1-21(16-6-13-7-17(21)9-14(8-16)20(13)26)10-19(25)24-11-22(27,12-24)15-2-4-18(23)5-3-15/h2-5,13-14,16-17,20,26-27H,6-12H2,1H3. The first kappa shape index (κ1) is 17.6. The molecule has 1 saturated heterocycles. The first-order valence-electron chi connectivity index (χ1n) is 10.2. The maximum Gasteiger partial charge on any atom is 0.223 e. The predicted molar refractivity (Wildman–Crippen MR) is 98.0 cm³/mol. The molecule has 4 aliphatic carbocycles. The largest absolute Gasteiger partial charge is 0.393 e. The van der Waals surface area contributed by atoms with Crippen LogP contribution in [-0.4, -0.2) is 40.2 Å². The molecule has 4 bridgehead atoms. The molecular weight excluding hydrogens is 345 g/mol. The monoisotopic (exact) mass is 373 g/mol. The highest BCUT2D eigenvalue weighted by Gasteiger charge is 2.59. The van der Waals surface area contributed by atoms with Gasteiger partial charge in [0.1, 0.15) is 11.4 Å². The third kappa shape index (κ3) is 2.58. The highest BCUT2D eigenvalue weighted by Crippen LogP contribution is 2.63. The summed E-state index contributed by atoms with van der Waals surface area (Å²) in [4.78, 5) is 14.7. The van der Waals surface area contributed by atoms with Crippen LogP contribution in [0.5, 0.6) is 0 Å². The van der Waals surface area contributed by atoms with Gasteiger partial charge in [-0.2, -0.15) is 0 Å². The Balaban J connectivity index is 1.25. The zero-order chi connectivity index (χ0) is 19.0. The van der Waals surface area contributed by atoms with Crippen LogP contribution in [0.4, 0.5) is 4.39 Å². The average molecular weight is 373 g/mol. The van der Waals surface area contributed by atoms with Crippen LogP contribution in [0.2, 0.25) is 0 Å². The number of benzene rings is 1. The molecule has 1 aromatic carbocycles. The van der Waals surface area contributed by atoms with Gasteiger partial charge in [0, 0.05) is 6.42 Å².